The fraction of sp³-hybridized carbons (Fsp3) is 0.250. The normalized spacial score (nSPS) is 13.0. The second-order valence-electron chi connectivity index (χ2n) is 2.23. The molecule has 10 heavy (non-hydrogen) atoms. The van der Waals surface area contributed by atoms with Gasteiger partial charge < -0.3 is 10.2 Å². The van der Waals surface area contributed by atoms with Crippen molar-refractivity contribution in [1.29, 1.82) is 0 Å². The Morgan fingerprint density at radius 2 is 2.50 bits per heavy atom. The summed E-state index contributed by atoms with van der Waals surface area (Å²) in [5.74, 6) is 0.801. The predicted octanol–water partition coefficient (Wildman–Crippen LogP) is 1.77. The molecule has 1 rings (SSSR count). The van der Waals surface area contributed by atoms with E-state index in [4.69, 9.17) is 10.2 Å². The van der Waals surface area contributed by atoms with Gasteiger partial charge in [-0.15, -0.1) is 6.58 Å². The van der Waals surface area contributed by atoms with Crippen LogP contribution in [0.15, 0.2) is 29.4 Å². The molecule has 0 aliphatic rings. The topological polar surface area (TPSA) is 39.2 Å². The van der Waals surface area contributed by atoms with Crippen LogP contribution < -0.4 is 5.73 Å². The lowest BCUT2D eigenvalue weighted by Crippen LogP contribution is -2.06. The number of nitrogens with two attached hydrogens (primary N) is 1. The van der Waals surface area contributed by atoms with Crippen LogP contribution in [0.3, 0.4) is 0 Å². The van der Waals surface area contributed by atoms with Crippen LogP contribution in [0.5, 0.6) is 0 Å². The maximum atomic E-state index is 5.63. The van der Waals surface area contributed by atoms with E-state index in [9.17, 15) is 0 Å². The SMILES string of the molecule is C=C[C@@H](N)c1occc1C. The average Bonchev–Trinajstić information content (AvgIpc) is 2.34. The van der Waals surface area contributed by atoms with E-state index in [1.165, 1.54) is 0 Å². The minimum absolute atomic E-state index is 0.171. The smallest absolute Gasteiger partial charge is 0.127 e. The molecule has 0 unspecified atom stereocenters. The standard InChI is InChI=1S/C8H11NO/c1-3-7(9)8-6(2)4-5-10-8/h3-5,7H,1,9H2,2H3/t7-/m1/s1. The van der Waals surface area contributed by atoms with E-state index in [2.05, 4.69) is 6.58 Å². The Balaban J connectivity index is 2.92. The van der Waals surface area contributed by atoms with Gasteiger partial charge in [0.2, 0.25) is 0 Å². The largest absolute Gasteiger partial charge is 0.467 e. The monoisotopic (exact) mass is 137 g/mol. The van der Waals surface area contributed by atoms with Gasteiger partial charge in [-0.2, -0.15) is 0 Å². The second kappa shape index (κ2) is 2.71. The summed E-state index contributed by atoms with van der Waals surface area (Å²) in [7, 11) is 0. The van der Waals surface area contributed by atoms with E-state index < -0.39 is 0 Å². The molecule has 1 atom stereocenters. The molecule has 2 heteroatoms. The molecule has 2 N–H and O–H groups in total. The summed E-state index contributed by atoms with van der Waals surface area (Å²) in [5.41, 5.74) is 6.70. The van der Waals surface area contributed by atoms with Crippen LogP contribution in [0.1, 0.15) is 17.4 Å². The molecule has 0 aromatic carbocycles. The van der Waals surface area contributed by atoms with Crippen molar-refractivity contribution in [2.24, 2.45) is 5.73 Å². The molecule has 0 radical (unpaired) electrons. The lowest BCUT2D eigenvalue weighted by atomic mass is 10.2. The van der Waals surface area contributed by atoms with E-state index in [-0.39, 0.29) is 6.04 Å². The first kappa shape index (κ1) is 7.09. The van der Waals surface area contributed by atoms with E-state index in [1.807, 2.05) is 13.0 Å². The van der Waals surface area contributed by atoms with Crippen molar-refractivity contribution >= 4 is 0 Å². The molecule has 0 fully saturated rings. The molecule has 0 saturated heterocycles. The Hall–Kier alpha value is -1.02. The average molecular weight is 137 g/mol. The lowest BCUT2D eigenvalue weighted by Gasteiger charge is -2.01. The van der Waals surface area contributed by atoms with Gasteiger partial charge in [-0.3, -0.25) is 0 Å². The quantitative estimate of drug-likeness (QED) is 0.631. The van der Waals surface area contributed by atoms with Crippen molar-refractivity contribution < 1.29 is 4.42 Å². The van der Waals surface area contributed by atoms with E-state index in [1.54, 1.807) is 12.3 Å². The van der Waals surface area contributed by atoms with Gasteiger partial charge in [-0.05, 0) is 18.6 Å². The van der Waals surface area contributed by atoms with Crippen LogP contribution in [-0.2, 0) is 0 Å². The summed E-state index contributed by atoms with van der Waals surface area (Å²) in [5, 5.41) is 0. The summed E-state index contributed by atoms with van der Waals surface area (Å²) in [6.07, 6.45) is 3.29. The van der Waals surface area contributed by atoms with Crippen LogP contribution in [0.4, 0.5) is 0 Å². The number of hydrogen-bond acceptors (Lipinski definition) is 2. The molecule has 0 aliphatic carbocycles. The second-order valence-corrected chi connectivity index (χ2v) is 2.23. The number of aryl methyl sites for hydroxylation is 1. The van der Waals surface area contributed by atoms with E-state index in [0.29, 0.717) is 0 Å². The van der Waals surface area contributed by atoms with Crippen molar-refractivity contribution in [3.8, 4) is 0 Å². The van der Waals surface area contributed by atoms with Crippen LogP contribution in [-0.4, -0.2) is 0 Å². The molecule has 0 amide bonds. The summed E-state index contributed by atoms with van der Waals surface area (Å²) >= 11 is 0. The third-order valence-electron chi connectivity index (χ3n) is 1.46. The van der Waals surface area contributed by atoms with Gasteiger partial charge in [0.25, 0.3) is 0 Å². The van der Waals surface area contributed by atoms with E-state index in [0.717, 1.165) is 11.3 Å². The van der Waals surface area contributed by atoms with Gasteiger partial charge in [-0.1, -0.05) is 6.08 Å². The van der Waals surface area contributed by atoms with Crippen LogP contribution in [0.25, 0.3) is 0 Å². The van der Waals surface area contributed by atoms with Crippen LogP contribution in [0.2, 0.25) is 0 Å². The molecule has 2 nitrogen and oxygen atoms in total. The zero-order valence-electron chi connectivity index (χ0n) is 6.00. The molecule has 0 bridgehead atoms. The van der Waals surface area contributed by atoms with Gasteiger partial charge in [-0.25, -0.2) is 0 Å². The molecule has 0 saturated carbocycles. The van der Waals surface area contributed by atoms with Crippen LogP contribution in [0, 0.1) is 6.92 Å². The minimum atomic E-state index is -0.171. The van der Waals surface area contributed by atoms with Crippen molar-refractivity contribution in [2.75, 3.05) is 0 Å². The first-order chi connectivity index (χ1) is 4.75. The Labute approximate surface area is 60.3 Å². The summed E-state index contributed by atoms with van der Waals surface area (Å²) in [4.78, 5) is 0. The molecular formula is C8H11NO. The number of furan rings is 1. The zero-order valence-corrected chi connectivity index (χ0v) is 6.00. The fourth-order valence-corrected chi connectivity index (χ4v) is 0.833. The highest BCUT2D eigenvalue weighted by Gasteiger charge is 2.06. The van der Waals surface area contributed by atoms with Gasteiger partial charge in [0, 0.05) is 0 Å². The van der Waals surface area contributed by atoms with Crippen molar-refractivity contribution in [3.05, 3.63) is 36.3 Å². The molecule has 1 aromatic heterocycles. The maximum Gasteiger partial charge on any atom is 0.127 e. The Kier molecular flexibility index (Phi) is 1.92. The third kappa shape index (κ3) is 1.11. The maximum absolute atomic E-state index is 5.63. The molecule has 0 aliphatic heterocycles. The molecule has 54 valence electrons. The van der Waals surface area contributed by atoms with Crippen molar-refractivity contribution in [2.45, 2.75) is 13.0 Å². The Morgan fingerprint density at radius 1 is 1.80 bits per heavy atom. The zero-order chi connectivity index (χ0) is 7.56. The highest BCUT2D eigenvalue weighted by Crippen LogP contribution is 2.16. The predicted molar refractivity (Wildman–Crippen MR) is 40.6 cm³/mol. The summed E-state index contributed by atoms with van der Waals surface area (Å²) < 4.78 is 5.12. The molecule has 1 aromatic rings. The number of rotatable bonds is 2. The van der Waals surface area contributed by atoms with Gasteiger partial charge in [0.15, 0.2) is 0 Å². The van der Waals surface area contributed by atoms with Gasteiger partial charge in [0.1, 0.15) is 5.76 Å². The number of hydrogen-bond donors (Lipinski definition) is 1. The first-order valence-corrected chi connectivity index (χ1v) is 3.18. The van der Waals surface area contributed by atoms with Crippen LogP contribution >= 0.6 is 0 Å². The van der Waals surface area contributed by atoms with Gasteiger partial charge >= 0.3 is 0 Å². The lowest BCUT2D eigenvalue weighted by molar-refractivity contribution is 0.491. The van der Waals surface area contributed by atoms with E-state index >= 15 is 0 Å². The third-order valence-corrected chi connectivity index (χ3v) is 1.46. The fourth-order valence-electron chi connectivity index (χ4n) is 0.833. The Bertz CT molecular complexity index is 227. The Morgan fingerprint density at radius 3 is 2.90 bits per heavy atom. The van der Waals surface area contributed by atoms with Crippen molar-refractivity contribution in [1.82, 2.24) is 0 Å². The summed E-state index contributed by atoms with van der Waals surface area (Å²) in [6.45, 7) is 5.53. The highest BCUT2D eigenvalue weighted by molar-refractivity contribution is 5.20. The van der Waals surface area contributed by atoms with Gasteiger partial charge in [0.05, 0.1) is 12.3 Å². The molecule has 1 heterocycles. The van der Waals surface area contributed by atoms with Crippen molar-refractivity contribution in [3.63, 3.8) is 0 Å². The summed E-state index contributed by atoms with van der Waals surface area (Å²) in [6, 6.07) is 1.72. The highest BCUT2D eigenvalue weighted by atomic mass is 16.3. The minimum Gasteiger partial charge on any atom is -0.467 e. The molecule has 0 spiro atoms. The molecular weight excluding hydrogens is 126 g/mol. The first-order valence-electron chi connectivity index (χ1n) is 3.18.